The van der Waals surface area contributed by atoms with Crippen molar-refractivity contribution in [2.45, 2.75) is 0 Å². The highest BCUT2D eigenvalue weighted by atomic mass is 32.1. The second-order valence-electron chi connectivity index (χ2n) is 21.1. The van der Waals surface area contributed by atoms with Crippen LogP contribution in [-0.2, 0) is 0 Å². The largest absolute Gasteiger partial charge is 0.397 e. The Morgan fingerprint density at radius 3 is 0.930 bits per heavy atom. The standard InChI is InChI=1S/C80H58N4S2/c81-79-77(65-42-20-19-41-63(65)64-47-25-45-61(55-29-7-1-8-30-55)73(64)71-51-27-53-85-71)76(68-48-26-46-62(56-31-9-2-10-32-56)74(68)72-52-28-54-86-72)75(66-43-21-23-49-69(66)83(57-33-11-3-12-34-57)58-35-13-4-14-36-58)78(80(79)82)67-44-22-24-50-70(67)84(59-37-15-5-16-38-59)60-39-17-6-18-40-60/h1-54H,81-82H2. The van der Waals surface area contributed by atoms with E-state index < -0.39 is 0 Å². The Labute approximate surface area is 511 Å². The van der Waals surface area contributed by atoms with E-state index in [2.05, 4.69) is 336 Å². The van der Waals surface area contributed by atoms with Gasteiger partial charge >= 0.3 is 0 Å². The van der Waals surface area contributed by atoms with Crippen molar-refractivity contribution in [2.75, 3.05) is 21.3 Å². The van der Waals surface area contributed by atoms with Gasteiger partial charge in [-0.25, -0.2) is 0 Å². The van der Waals surface area contributed by atoms with Crippen LogP contribution in [0.25, 0.3) is 98.8 Å². The van der Waals surface area contributed by atoms with Crippen molar-refractivity contribution in [3.05, 3.63) is 326 Å². The predicted molar refractivity (Wildman–Crippen MR) is 369 cm³/mol. The maximum atomic E-state index is 8.24. The van der Waals surface area contributed by atoms with Crippen LogP contribution in [0.3, 0.4) is 0 Å². The smallest absolute Gasteiger partial charge is 0.0641 e. The predicted octanol–water partition coefficient (Wildman–Crippen LogP) is 22.9. The van der Waals surface area contributed by atoms with Gasteiger partial charge < -0.3 is 21.3 Å². The van der Waals surface area contributed by atoms with Crippen molar-refractivity contribution in [2.24, 2.45) is 0 Å². The highest BCUT2D eigenvalue weighted by Gasteiger charge is 2.33. The summed E-state index contributed by atoms with van der Waals surface area (Å²) in [5.74, 6) is 0. The zero-order valence-corrected chi connectivity index (χ0v) is 48.7. The molecule has 2 aromatic heterocycles. The molecule has 0 fully saturated rings. The van der Waals surface area contributed by atoms with Gasteiger partial charge in [0.05, 0.1) is 22.7 Å². The topological polar surface area (TPSA) is 58.5 Å². The number of nitrogen functional groups attached to an aromatic ring is 2. The summed E-state index contributed by atoms with van der Waals surface area (Å²) in [6, 6.07) is 113. The van der Waals surface area contributed by atoms with Crippen LogP contribution in [0.5, 0.6) is 0 Å². The Hall–Kier alpha value is -10.8. The molecule has 14 aromatic rings. The number of thiophene rings is 2. The molecule has 0 saturated carbocycles. The van der Waals surface area contributed by atoms with Gasteiger partial charge in [0.15, 0.2) is 0 Å². The summed E-state index contributed by atoms with van der Waals surface area (Å²) in [5, 5.41) is 4.35. The molecule has 410 valence electrons. The Balaban J connectivity index is 1.20. The Kier molecular flexibility index (Phi) is 14.8. The van der Waals surface area contributed by atoms with Gasteiger partial charge in [-0.2, -0.15) is 0 Å². The van der Waals surface area contributed by atoms with Gasteiger partial charge in [0.1, 0.15) is 0 Å². The molecule has 86 heavy (non-hydrogen) atoms. The van der Waals surface area contributed by atoms with E-state index in [0.29, 0.717) is 11.4 Å². The van der Waals surface area contributed by atoms with Crippen LogP contribution in [0.15, 0.2) is 326 Å². The zero-order chi connectivity index (χ0) is 57.8. The third kappa shape index (κ3) is 9.92. The van der Waals surface area contributed by atoms with Crippen molar-refractivity contribution in [1.82, 2.24) is 0 Å². The molecule has 0 aliphatic heterocycles. The second kappa shape index (κ2) is 23.8. The van der Waals surface area contributed by atoms with E-state index in [-0.39, 0.29) is 0 Å². The minimum Gasteiger partial charge on any atom is -0.397 e. The average molecular weight is 1140 g/mol. The lowest BCUT2D eigenvalue weighted by atomic mass is 9.76. The summed E-state index contributed by atoms with van der Waals surface area (Å²) in [6.45, 7) is 0. The van der Waals surface area contributed by atoms with E-state index in [1.54, 1.807) is 22.7 Å². The summed E-state index contributed by atoms with van der Waals surface area (Å²) in [5.41, 5.74) is 39.6. The number of nitrogens with zero attached hydrogens (tertiary/aromatic N) is 2. The number of hydrogen-bond donors (Lipinski definition) is 2. The van der Waals surface area contributed by atoms with Crippen LogP contribution in [0.2, 0.25) is 0 Å². The molecule has 0 spiro atoms. The number of rotatable bonds is 15. The fourth-order valence-electron chi connectivity index (χ4n) is 12.4. The maximum Gasteiger partial charge on any atom is 0.0641 e. The highest BCUT2D eigenvalue weighted by molar-refractivity contribution is 7.14. The number of anilines is 8. The fraction of sp³-hybridized carbons (Fsp3) is 0. The maximum absolute atomic E-state index is 8.24. The molecule has 12 aromatic carbocycles. The average Bonchev–Trinajstić information content (AvgIpc) is 0.804. The van der Waals surface area contributed by atoms with Gasteiger partial charge in [-0.05, 0) is 128 Å². The Morgan fingerprint density at radius 2 is 0.512 bits per heavy atom. The number of hydrogen-bond acceptors (Lipinski definition) is 6. The minimum absolute atomic E-state index is 0.469. The molecule has 0 amide bonds. The van der Waals surface area contributed by atoms with E-state index in [4.69, 9.17) is 11.5 Å². The van der Waals surface area contributed by atoms with Crippen molar-refractivity contribution in [3.63, 3.8) is 0 Å². The number of benzene rings is 12. The highest BCUT2D eigenvalue weighted by Crippen LogP contribution is 2.60. The summed E-state index contributed by atoms with van der Waals surface area (Å²) >= 11 is 3.49. The van der Waals surface area contributed by atoms with Crippen LogP contribution in [0, 0.1) is 0 Å². The van der Waals surface area contributed by atoms with Crippen LogP contribution in [-0.4, -0.2) is 0 Å². The first-order valence-corrected chi connectivity index (χ1v) is 30.7. The summed E-state index contributed by atoms with van der Waals surface area (Å²) in [6.07, 6.45) is 0. The van der Waals surface area contributed by atoms with Crippen LogP contribution < -0.4 is 21.3 Å². The van der Waals surface area contributed by atoms with Crippen LogP contribution in [0.4, 0.5) is 45.5 Å². The molecule has 4 N–H and O–H groups in total. The summed E-state index contributed by atoms with van der Waals surface area (Å²) in [4.78, 5) is 7.00. The quantitative estimate of drug-likeness (QED) is 0.100. The summed E-state index contributed by atoms with van der Waals surface area (Å²) in [7, 11) is 0. The molecule has 0 aliphatic carbocycles. The van der Waals surface area contributed by atoms with E-state index in [1.807, 2.05) is 0 Å². The number of para-hydroxylation sites is 6. The molecule has 0 atom stereocenters. The first-order chi connectivity index (χ1) is 42.6. The lowest BCUT2D eigenvalue weighted by molar-refractivity contribution is 1.28. The van der Waals surface area contributed by atoms with Crippen molar-refractivity contribution in [1.29, 1.82) is 0 Å². The van der Waals surface area contributed by atoms with Crippen LogP contribution >= 0.6 is 22.7 Å². The molecule has 0 unspecified atom stereocenters. The monoisotopic (exact) mass is 1140 g/mol. The molecule has 4 nitrogen and oxygen atoms in total. The normalized spacial score (nSPS) is 11.1. The molecule has 2 heterocycles. The molecule has 0 aliphatic rings. The fourth-order valence-corrected chi connectivity index (χ4v) is 14.0. The molecule has 14 rings (SSSR count). The zero-order valence-electron chi connectivity index (χ0n) is 47.0. The first kappa shape index (κ1) is 53.3. The van der Waals surface area contributed by atoms with Crippen molar-refractivity contribution in [3.8, 4) is 98.8 Å². The lowest BCUT2D eigenvalue weighted by Crippen LogP contribution is -2.14. The van der Waals surface area contributed by atoms with Gasteiger partial charge in [0.2, 0.25) is 0 Å². The third-order valence-corrected chi connectivity index (χ3v) is 17.8. The van der Waals surface area contributed by atoms with Gasteiger partial charge in [0.25, 0.3) is 0 Å². The van der Waals surface area contributed by atoms with Crippen LogP contribution in [0.1, 0.15) is 0 Å². The van der Waals surface area contributed by atoms with Crippen molar-refractivity contribution >= 4 is 68.2 Å². The summed E-state index contributed by atoms with van der Waals surface area (Å²) < 4.78 is 0. The van der Waals surface area contributed by atoms with Crippen molar-refractivity contribution < 1.29 is 0 Å². The van der Waals surface area contributed by atoms with E-state index in [1.165, 1.54) is 4.88 Å². The van der Waals surface area contributed by atoms with Gasteiger partial charge in [-0.15, -0.1) is 22.7 Å². The molecular formula is C80H58N4S2. The molecule has 0 radical (unpaired) electrons. The Bertz CT molecular complexity index is 4550. The second-order valence-corrected chi connectivity index (χ2v) is 23.0. The third-order valence-electron chi connectivity index (χ3n) is 16.1. The van der Waals surface area contributed by atoms with E-state index in [9.17, 15) is 0 Å². The molecule has 0 bridgehead atoms. The first-order valence-electron chi connectivity index (χ1n) is 28.9. The van der Waals surface area contributed by atoms with E-state index >= 15 is 0 Å². The van der Waals surface area contributed by atoms with Gasteiger partial charge in [0, 0.05) is 77.0 Å². The molecule has 0 saturated heterocycles. The van der Waals surface area contributed by atoms with Gasteiger partial charge in [-0.1, -0.05) is 243 Å². The minimum atomic E-state index is 0.469. The number of nitrogens with two attached hydrogens (primary N) is 2. The lowest BCUT2D eigenvalue weighted by Gasteiger charge is -2.33. The molecular weight excluding hydrogens is 1080 g/mol. The molecule has 6 heteroatoms. The van der Waals surface area contributed by atoms with E-state index in [0.717, 1.165) is 128 Å². The SMILES string of the molecule is Nc1c(N)c(-c2ccccc2-c2cccc(-c3ccccc3)c2-c2cccs2)c(-c2cccc(-c3ccccc3)c2-c2cccs2)c(-c2ccccc2N(c2ccccc2)c2ccccc2)c1-c1ccccc1N(c1ccccc1)c1ccccc1. The Morgan fingerprint density at radius 1 is 0.209 bits per heavy atom. The van der Waals surface area contributed by atoms with Gasteiger partial charge in [-0.3, -0.25) is 0 Å².